The third-order valence-electron chi connectivity index (χ3n) is 7.15. The molecule has 2 aromatic carbocycles. The number of nitrogens with zero attached hydrogens (tertiary/aromatic N) is 2. The molecular weight excluding hydrogens is 440 g/mol. The van der Waals surface area contributed by atoms with Crippen LogP contribution in [0.2, 0.25) is 0 Å². The highest BCUT2D eigenvalue weighted by Gasteiger charge is 2.22. The van der Waals surface area contributed by atoms with Crippen LogP contribution in [-0.2, 0) is 17.8 Å². The van der Waals surface area contributed by atoms with Crippen molar-refractivity contribution in [2.24, 2.45) is 0 Å². The Bertz CT molecular complexity index is 1170. The molecule has 1 atom stereocenters. The van der Waals surface area contributed by atoms with Gasteiger partial charge in [-0.05, 0) is 79.2 Å². The zero-order valence-corrected chi connectivity index (χ0v) is 21.0. The van der Waals surface area contributed by atoms with Crippen molar-refractivity contribution in [2.75, 3.05) is 30.7 Å². The van der Waals surface area contributed by atoms with Gasteiger partial charge in [0.05, 0.1) is 17.0 Å². The van der Waals surface area contributed by atoms with Crippen molar-refractivity contribution in [3.05, 3.63) is 65.4 Å². The highest BCUT2D eigenvalue weighted by atomic mass is 32.2. The van der Waals surface area contributed by atoms with E-state index in [1.54, 1.807) is 11.8 Å². The summed E-state index contributed by atoms with van der Waals surface area (Å²) in [6, 6.07) is 15.8. The summed E-state index contributed by atoms with van der Waals surface area (Å²) in [6.45, 7) is 8.73. The van der Waals surface area contributed by atoms with E-state index in [1.165, 1.54) is 39.8 Å². The molecule has 6 heteroatoms. The Balaban J connectivity index is 1.14. The van der Waals surface area contributed by atoms with Crippen molar-refractivity contribution in [3.8, 4) is 0 Å². The first-order valence-corrected chi connectivity index (χ1v) is 13.5. The topological polar surface area (TPSA) is 57.3 Å². The zero-order chi connectivity index (χ0) is 23.5. The number of nitrogens with one attached hydrogen (secondary N) is 2. The SMILES string of the molecule is CCc1cnc2cccc(C(C)CN3CCC(NCc4ccc5c(c4)NC(=O)CS5)CC3)c2c1. The van der Waals surface area contributed by atoms with Crippen LogP contribution in [0.1, 0.15) is 49.3 Å². The predicted octanol–water partition coefficient (Wildman–Crippen LogP) is 5.20. The number of benzene rings is 2. The lowest BCUT2D eigenvalue weighted by atomic mass is 9.94. The van der Waals surface area contributed by atoms with Gasteiger partial charge in [-0.3, -0.25) is 9.78 Å². The van der Waals surface area contributed by atoms with E-state index in [1.807, 2.05) is 6.20 Å². The molecular formula is C28H34N4OS. The van der Waals surface area contributed by atoms with Gasteiger partial charge in [0.25, 0.3) is 0 Å². The fourth-order valence-corrected chi connectivity index (χ4v) is 5.93. The lowest BCUT2D eigenvalue weighted by Gasteiger charge is -2.34. The molecule has 5 nitrogen and oxygen atoms in total. The molecule has 3 heterocycles. The van der Waals surface area contributed by atoms with E-state index in [9.17, 15) is 4.79 Å². The van der Waals surface area contributed by atoms with Crippen LogP contribution in [0.25, 0.3) is 10.9 Å². The maximum Gasteiger partial charge on any atom is 0.234 e. The lowest BCUT2D eigenvalue weighted by Crippen LogP contribution is -2.43. The van der Waals surface area contributed by atoms with Crippen LogP contribution in [-0.4, -0.2) is 47.2 Å². The van der Waals surface area contributed by atoms with Crippen LogP contribution in [0.3, 0.4) is 0 Å². The second-order valence-corrected chi connectivity index (χ2v) is 10.7. The standard InChI is InChI=1S/C28H34N4OS/c1-3-20-13-24-23(5-4-6-25(24)30-15-20)19(2)17-32-11-9-22(10-12-32)29-16-21-7-8-27-26(14-21)31-28(33)18-34-27/h4-8,13-15,19,22,29H,3,9-12,16-18H2,1-2H3,(H,31,33). The summed E-state index contributed by atoms with van der Waals surface area (Å²) < 4.78 is 0. The first-order valence-electron chi connectivity index (χ1n) is 12.5. The Morgan fingerprint density at radius 2 is 2.03 bits per heavy atom. The molecule has 5 rings (SSSR count). The van der Waals surface area contributed by atoms with Crippen LogP contribution >= 0.6 is 11.8 Å². The third-order valence-corrected chi connectivity index (χ3v) is 8.22. The second kappa shape index (κ2) is 10.5. The summed E-state index contributed by atoms with van der Waals surface area (Å²) >= 11 is 1.62. The molecule has 3 aromatic rings. The van der Waals surface area contributed by atoms with Crippen molar-refractivity contribution in [1.29, 1.82) is 0 Å². The van der Waals surface area contributed by atoms with E-state index >= 15 is 0 Å². The number of anilines is 1. The Morgan fingerprint density at radius 1 is 1.18 bits per heavy atom. The minimum atomic E-state index is 0.0924. The Kier molecular flexibility index (Phi) is 7.18. The van der Waals surface area contributed by atoms with Crippen molar-refractivity contribution in [1.82, 2.24) is 15.2 Å². The van der Waals surface area contributed by atoms with Crippen molar-refractivity contribution >= 4 is 34.3 Å². The highest BCUT2D eigenvalue weighted by Crippen LogP contribution is 2.32. The molecule has 178 valence electrons. The molecule has 1 unspecified atom stereocenters. The highest BCUT2D eigenvalue weighted by molar-refractivity contribution is 8.00. The van der Waals surface area contributed by atoms with Crippen LogP contribution in [0.4, 0.5) is 5.69 Å². The summed E-state index contributed by atoms with van der Waals surface area (Å²) in [6.07, 6.45) is 5.36. The van der Waals surface area contributed by atoms with Gasteiger partial charge in [0.15, 0.2) is 0 Å². The van der Waals surface area contributed by atoms with Gasteiger partial charge >= 0.3 is 0 Å². The van der Waals surface area contributed by atoms with Crippen LogP contribution < -0.4 is 10.6 Å². The zero-order valence-electron chi connectivity index (χ0n) is 20.1. The summed E-state index contributed by atoms with van der Waals surface area (Å²) in [5.74, 6) is 1.08. The molecule has 0 aliphatic carbocycles. The number of pyridine rings is 1. The number of piperidine rings is 1. The van der Waals surface area contributed by atoms with Gasteiger partial charge in [-0.15, -0.1) is 11.8 Å². The first kappa shape index (κ1) is 23.3. The van der Waals surface area contributed by atoms with Gasteiger partial charge in [0, 0.05) is 35.6 Å². The maximum absolute atomic E-state index is 11.7. The Morgan fingerprint density at radius 3 is 2.85 bits per heavy atom. The smallest absolute Gasteiger partial charge is 0.234 e. The number of hydrogen-bond donors (Lipinski definition) is 2. The normalized spacial score (nSPS) is 18.0. The minimum absolute atomic E-state index is 0.0924. The molecule has 2 aliphatic rings. The summed E-state index contributed by atoms with van der Waals surface area (Å²) in [7, 11) is 0. The van der Waals surface area contributed by atoms with Gasteiger partial charge < -0.3 is 15.5 Å². The van der Waals surface area contributed by atoms with Gasteiger partial charge in [-0.25, -0.2) is 0 Å². The molecule has 1 amide bonds. The minimum Gasteiger partial charge on any atom is -0.324 e. The number of likely N-dealkylation sites (tertiary alicyclic amines) is 1. The van der Waals surface area contributed by atoms with E-state index in [2.05, 4.69) is 76.8 Å². The molecule has 2 N–H and O–H groups in total. The Labute approximate surface area is 206 Å². The van der Waals surface area contributed by atoms with E-state index in [0.29, 0.717) is 17.7 Å². The molecule has 34 heavy (non-hydrogen) atoms. The van der Waals surface area contributed by atoms with Gasteiger partial charge in [-0.1, -0.05) is 32.0 Å². The number of carbonyl (C=O) groups is 1. The Hall–Kier alpha value is -2.41. The quantitative estimate of drug-likeness (QED) is 0.493. The molecule has 1 fully saturated rings. The summed E-state index contributed by atoms with van der Waals surface area (Å²) in [5, 5.41) is 8.05. The molecule has 0 spiro atoms. The van der Waals surface area contributed by atoms with Crippen molar-refractivity contribution in [2.45, 2.75) is 56.5 Å². The van der Waals surface area contributed by atoms with E-state index in [4.69, 9.17) is 0 Å². The number of hydrogen-bond acceptors (Lipinski definition) is 5. The van der Waals surface area contributed by atoms with E-state index < -0.39 is 0 Å². The van der Waals surface area contributed by atoms with E-state index in [0.717, 1.165) is 43.8 Å². The number of thioether (sulfide) groups is 1. The number of carbonyl (C=O) groups excluding carboxylic acids is 1. The van der Waals surface area contributed by atoms with E-state index in [-0.39, 0.29) is 5.91 Å². The molecule has 2 aliphatic heterocycles. The number of amides is 1. The summed E-state index contributed by atoms with van der Waals surface area (Å²) in [5.41, 5.74) is 6.01. The maximum atomic E-state index is 11.7. The monoisotopic (exact) mass is 474 g/mol. The summed E-state index contributed by atoms with van der Waals surface area (Å²) in [4.78, 5) is 20.1. The van der Waals surface area contributed by atoms with Crippen molar-refractivity contribution in [3.63, 3.8) is 0 Å². The number of rotatable bonds is 7. The largest absolute Gasteiger partial charge is 0.324 e. The van der Waals surface area contributed by atoms with Gasteiger partial charge in [-0.2, -0.15) is 0 Å². The van der Waals surface area contributed by atoms with Crippen molar-refractivity contribution < 1.29 is 4.79 Å². The molecule has 0 saturated carbocycles. The van der Waals surface area contributed by atoms with Gasteiger partial charge in [0.1, 0.15) is 0 Å². The van der Waals surface area contributed by atoms with Crippen LogP contribution in [0.15, 0.2) is 53.6 Å². The lowest BCUT2D eigenvalue weighted by molar-refractivity contribution is -0.113. The fraction of sp³-hybridized carbons (Fsp3) is 0.429. The number of aryl methyl sites for hydroxylation is 1. The predicted molar refractivity (Wildman–Crippen MR) is 142 cm³/mol. The third kappa shape index (κ3) is 5.29. The van der Waals surface area contributed by atoms with Gasteiger partial charge in [0.2, 0.25) is 5.91 Å². The average Bonchev–Trinajstić information content (AvgIpc) is 2.87. The number of aromatic nitrogens is 1. The average molecular weight is 475 g/mol. The first-order chi connectivity index (χ1) is 16.6. The molecule has 0 radical (unpaired) electrons. The molecule has 1 aromatic heterocycles. The second-order valence-electron chi connectivity index (χ2n) is 9.64. The molecule has 1 saturated heterocycles. The number of fused-ring (bicyclic) bond motifs is 2. The van der Waals surface area contributed by atoms with Crippen LogP contribution in [0.5, 0.6) is 0 Å². The fourth-order valence-electron chi connectivity index (χ4n) is 5.15. The molecule has 0 bridgehead atoms. The van der Waals surface area contributed by atoms with Crippen LogP contribution in [0, 0.1) is 0 Å².